The quantitative estimate of drug-likeness (QED) is 0.607. The van der Waals surface area contributed by atoms with E-state index in [0.29, 0.717) is 10.2 Å². The molecule has 19 heavy (non-hydrogen) atoms. The van der Waals surface area contributed by atoms with Crippen molar-refractivity contribution in [3.05, 3.63) is 71.0 Å². The lowest BCUT2D eigenvalue weighted by Gasteiger charge is -1.97. The summed E-state index contributed by atoms with van der Waals surface area (Å²) in [5, 5.41) is 0. The minimum Gasteiger partial charge on any atom is -0.452 e. The van der Waals surface area contributed by atoms with Gasteiger partial charge in [0.1, 0.15) is 4.47 Å². The van der Waals surface area contributed by atoms with Crippen molar-refractivity contribution in [2.75, 3.05) is 0 Å². The zero-order valence-corrected chi connectivity index (χ0v) is 11.5. The SMILES string of the molecule is Fc1c(-c2ccccc2)oc(-c2ccccc2)c1Br. The van der Waals surface area contributed by atoms with Gasteiger partial charge in [0, 0.05) is 11.1 Å². The summed E-state index contributed by atoms with van der Waals surface area (Å²) in [6.45, 7) is 0. The average molecular weight is 317 g/mol. The zero-order chi connectivity index (χ0) is 13.2. The molecule has 3 heteroatoms. The molecule has 0 saturated carbocycles. The first kappa shape index (κ1) is 12.2. The normalized spacial score (nSPS) is 10.6. The van der Waals surface area contributed by atoms with Crippen LogP contribution >= 0.6 is 15.9 Å². The van der Waals surface area contributed by atoms with Crippen LogP contribution in [0.3, 0.4) is 0 Å². The van der Waals surface area contributed by atoms with Crippen molar-refractivity contribution in [2.45, 2.75) is 0 Å². The fourth-order valence-electron chi connectivity index (χ4n) is 1.94. The van der Waals surface area contributed by atoms with Gasteiger partial charge < -0.3 is 4.42 Å². The van der Waals surface area contributed by atoms with Crippen LogP contribution in [0.15, 0.2) is 69.6 Å². The Labute approximate surface area is 118 Å². The van der Waals surface area contributed by atoms with Crippen molar-refractivity contribution in [2.24, 2.45) is 0 Å². The minimum absolute atomic E-state index is 0.256. The van der Waals surface area contributed by atoms with Gasteiger partial charge in [-0.05, 0) is 15.9 Å². The van der Waals surface area contributed by atoms with Gasteiger partial charge in [0.25, 0.3) is 0 Å². The monoisotopic (exact) mass is 316 g/mol. The van der Waals surface area contributed by atoms with Crippen LogP contribution in [0.2, 0.25) is 0 Å². The van der Waals surface area contributed by atoms with Crippen molar-refractivity contribution >= 4 is 15.9 Å². The van der Waals surface area contributed by atoms with Gasteiger partial charge in [-0.1, -0.05) is 60.7 Å². The average Bonchev–Trinajstić information content (AvgIpc) is 2.77. The molecular formula is C16H10BrFO. The van der Waals surface area contributed by atoms with Crippen LogP contribution < -0.4 is 0 Å². The van der Waals surface area contributed by atoms with Crippen LogP contribution in [0, 0.1) is 5.82 Å². The second kappa shape index (κ2) is 5.02. The van der Waals surface area contributed by atoms with Crippen molar-refractivity contribution in [1.29, 1.82) is 0 Å². The van der Waals surface area contributed by atoms with Crippen molar-refractivity contribution < 1.29 is 8.81 Å². The third-order valence-electron chi connectivity index (χ3n) is 2.87. The molecule has 0 aliphatic carbocycles. The van der Waals surface area contributed by atoms with E-state index in [1.54, 1.807) is 0 Å². The number of hydrogen-bond acceptors (Lipinski definition) is 1. The van der Waals surface area contributed by atoms with Gasteiger partial charge in [-0.3, -0.25) is 0 Å². The maximum absolute atomic E-state index is 14.3. The molecule has 0 amide bonds. The van der Waals surface area contributed by atoms with Gasteiger partial charge in [0.2, 0.25) is 0 Å². The third-order valence-corrected chi connectivity index (χ3v) is 3.58. The summed E-state index contributed by atoms with van der Waals surface area (Å²) >= 11 is 3.27. The summed E-state index contributed by atoms with van der Waals surface area (Å²) < 4.78 is 20.3. The van der Waals surface area contributed by atoms with Gasteiger partial charge in [0.05, 0.1) is 0 Å². The standard InChI is InChI=1S/C16H10BrFO/c17-13-14(18)16(12-9-5-2-6-10-12)19-15(13)11-7-3-1-4-8-11/h1-10H. The van der Waals surface area contributed by atoms with E-state index in [2.05, 4.69) is 15.9 Å². The Kier molecular flexibility index (Phi) is 3.22. The number of hydrogen-bond donors (Lipinski definition) is 0. The van der Waals surface area contributed by atoms with Crippen molar-refractivity contribution in [3.63, 3.8) is 0 Å². The van der Waals surface area contributed by atoms with E-state index in [-0.39, 0.29) is 11.6 Å². The van der Waals surface area contributed by atoms with Crippen LogP contribution in [-0.4, -0.2) is 0 Å². The van der Waals surface area contributed by atoms with E-state index in [1.165, 1.54) is 0 Å². The second-order valence-corrected chi connectivity index (χ2v) is 4.91. The molecule has 94 valence electrons. The lowest BCUT2D eigenvalue weighted by molar-refractivity contribution is 0.557. The summed E-state index contributed by atoms with van der Waals surface area (Å²) in [4.78, 5) is 0. The fraction of sp³-hybridized carbons (Fsp3) is 0. The summed E-state index contributed by atoms with van der Waals surface area (Å²) in [5.74, 6) is 0.397. The van der Waals surface area contributed by atoms with Gasteiger partial charge >= 0.3 is 0 Å². The van der Waals surface area contributed by atoms with E-state index < -0.39 is 0 Å². The number of benzene rings is 2. The molecular weight excluding hydrogens is 307 g/mol. The lowest BCUT2D eigenvalue weighted by Crippen LogP contribution is -1.77. The number of furan rings is 1. The highest BCUT2D eigenvalue weighted by Crippen LogP contribution is 2.39. The molecule has 0 fully saturated rings. The largest absolute Gasteiger partial charge is 0.452 e. The molecule has 1 nitrogen and oxygen atoms in total. The van der Waals surface area contributed by atoms with Crippen LogP contribution in [0.1, 0.15) is 0 Å². The molecule has 2 aromatic carbocycles. The molecule has 1 aromatic heterocycles. The molecule has 0 bridgehead atoms. The van der Waals surface area contributed by atoms with Gasteiger partial charge in [-0.2, -0.15) is 0 Å². The Hall–Kier alpha value is -1.87. The van der Waals surface area contributed by atoms with Gasteiger partial charge in [-0.25, -0.2) is 4.39 Å². The summed E-state index contributed by atoms with van der Waals surface area (Å²) in [6.07, 6.45) is 0. The highest BCUT2D eigenvalue weighted by Gasteiger charge is 2.20. The van der Waals surface area contributed by atoms with E-state index in [9.17, 15) is 4.39 Å². The highest BCUT2D eigenvalue weighted by atomic mass is 79.9. The Morgan fingerprint density at radius 1 is 0.737 bits per heavy atom. The predicted molar refractivity (Wildman–Crippen MR) is 77.2 cm³/mol. The first-order valence-corrected chi connectivity index (χ1v) is 6.65. The van der Waals surface area contributed by atoms with E-state index >= 15 is 0 Å². The van der Waals surface area contributed by atoms with E-state index in [0.717, 1.165) is 11.1 Å². The number of rotatable bonds is 2. The second-order valence-electron chi connectivity index (χ2n) is 4.12. The molecule has 0 saturated heterocycles. The van der Waals surface area contributed by atoms with Gasteiger partial charge in [-0.15, -0.1) is 0 Å². The molecule has 1 heterocycles. The van der Waals surface area contributed by atoms with Crippen LogP contribution in [0.5, 0.6) is 0 Å². The Balaban J connectivity index is 2.16. The Morgan fingerprint density at radius 3 is 1.74 bits per heavy atom. The highest BCUT2D eigenvalue weighted by molar-refractivity contribution is 9.10. The third kappa shape index (κ3) is 2.22. The first-order valence-electron chi connectivity index (χ1n) is 5.86. The molecule has 3 aromatic rings. The molecule has 0 N–H and O–H groups in total. The minimum atomic E-state index is -0.370. The van der Waals surface area contributed by atoms with Gasteiger partial charge in [0.15, 0.2) is 17.3 Å². The van der Waals surface area contributed by atoms with E-state index in [4.69, 9.17) is 4.42 Å². The summed E-state index contributed by atoms with van der Waals surface area (Å²) in [5.41, 5.74) is 1.57. The lowest BCUT2D eigenvalue weighted by atomic mass is 10.1. The fourth-order valence-corrected chi connectivity index (χ4v) is 2.43. The zero-order valence-electron chi connectivity index (χ0n) is 9.94. The Bertz CT molecular complexity index is 630. The molecule has 0 radical (unpaired) electrons. The smallest absolute Gasteiger partial charge is 0.184 e. The predicted octanol–water partition coefficient (Wildman–Crippen LogP) is 5.52. The summed E-state index contributed by atoms with van der Waals surface area (Å²) in [7, 11) is 0. The Morgan fingerprint density at radius 2 is 1.21 bits per heavy atom. The van der Waals surface area contributed by atoms with Crippen LogP contribution in [0.4, 0.5) is 4.39 Å². The van der Waals surface area contributed by atoms with Crippen molar-refractivity contribution in [3.8, 4) is 22.6 Å². The maximum Gasteiger partial charge on any atom is 0.184 e. The molecule has 0 atom stereocenters. The molecule has 0 aliphatic rings. The van der Waals surface area contributed by atoms with Crippen LogP contribution in [0.25, 0.3) is 22.6 Å². The van der Waals surface area contributed by atoms with E-state index in [1.807, 2.05) is 60.7 Å². The molecule has 0 unspecified atom stereocenters. The van der Waals surface area contributed by atoms with Crippen molar-refractivity contribution in [1.82, 2.24) is 0 Å². The molecule has 3 rings (SSSR count). The van der Waals surface area contributed by atoms with Crippen LogP contribution in [-0.2, 0) is 0 Å². The maximum atomic E-state index is 14.3. The number of halogens is 2. The molecule has 0 spiro atoms. The molecule has 0 aliphatic heterocycles. The topological polar surface area (TPSA) is 13.1 Å². The first-order chi connectivity index (χ1) is 9.27. The summed E-state index contributed by atoms with van der Waals surface area (Å²) in [6, 6.07) is 18.7.